The number of ether oxygens (including phenoxy) is 2. The molecule has 3 N–H and O–H groups in total. The van der Waals surface area contributed by atoms with Crippen LogP contribution >= 0.6 is 12.2 Å². The molecule has 3 rings (SSSR count). The van der Waals surface area contributed by atoms with E-state index in [0.717, 1.165) is 11.3 Å². The first-order valence-electron chi connectivity index (χ1n) is 8.40. The highest BCUT2D eigenvalue weighted by Gasteiger charge is 2.32. The molecule has 2 aromatic carbocycles. The molecule has 140 valence electrons. The van der Waals surface area contributed by atoms with Crippen LogP contribution in [0.4, 0.5) is 5.69 Å². The zero-order valence-corrected chi connectivity index (χ0v) is 16.1. The zero-order chi connectivity index (χ0) is 19.4. The Labute approximate surface area is 163 Å². The number of para-hydroxylation sites is 1. The minimum absolute atomic E-state index is 0.218. The summed E-state index contributed by atoms with van der Waals surface area (Å²) in [6.45, 7) is 1.83. The lowest BCUT2D eigenvalue weighted by Crippen LogP contribution is -2.45. The van der Waals surface area contributed by atoms with Crippen molar-refractivity contribution < 1.29 is 14.3 Å². The normalized spacial score (nSPS) is 16.3. The lowest BCUT2D eigenvalue weighted by atomic mass is 9.94. The summed E-state index contributed by atoms with van der Waals surface area (Å²) in [4.78, 5) is 13.0. The number of carbonyl (C=O) groups excluding carboxylic acids is 1. The molecule has 1 aliphatic rings. The van der Waals surface area contributed by atoms with Gasteiger partial charge in [0.1, 0.15) is 11.5 Å². The number of carbonyl (C=O) groups is 1. The van der Waals surface area contributed by atoms with Gasteiger partial charge in [-0.1, -0.05) is 18.2 Å². The number of amides is 1. The molecule has 0 spiro atoms. The van der Waals surface area contributed by atoms with Gasteiger partial charge in [0, 0.05) is 23.0 Å². The lowest BCUT2D eigenvalue weighted by molar-refractivity contribution is -0.113. The summed E-state index contributed by atoms with van der Waals surface area (Å²) in [5, 5.41) is 9.58. The van der Waals surface area contributed by atoms with Gasteiger partial charge >= 0.3 is 0 Å². The van der Waals surface area contributed by atoms with Crippen LogP contribution in [0.3, 0.4) is 0 Å². The minimum Gasteiger partial charge on any atom is -0.497 e. The quantitative estimate of drug-likeness (QED) is 0.689. The summed E-state index contributed by atoms with van der Waals surface area (Å²) in [5.41, 5.74) is 2.74. The molecule has 0 bridgehead atoms. The second-order valence-corrected chi connectivity index (χ2v) is 6.41. The van der Waals surface area contributed by atoms with Crippen molar-refractivity contribution in [1.29, 1.82) is 0 Å². The number of anilines is 1. The molecule has 0 aliphatic carbocycles. The Morgan fingerprint density at radius 3 is 2.52 bits per heavy atom. The van der Waals surface area contributed by atoms with Crippen molar-refractivity contribution in [1.82, 2.24) is 10.6 Å². The molecule has 1 heterocycles. The Kier molecular flexibility index (Phi) is 5.61. The van der Waals surface area contributed by atoms with Crippen LogP contribution in [0.5, 0.6) is 11.5 Å². The number of hydrogen-bond acceptors (Lipinski definition) is 4. The predicted molar refractivity (Wildman–Crippen MR) is 109 cm³/mol. The molecule has 0 fully saturated rings. The van der Waals surface area contributed by atoms with E-state index in [-0.39, 0.29) is 5.91 Å². The monoisotopic (exact) mass is 383 g/mol. The number of methoxy groups -OCH3 is 2. The highest BCUT2D eigenvalue weighted by atomic mass is 32.1. The molecule has 2 aromatic rings. The fourth-order valence-electron chi connectivity index (χ4n) is 3.00. The molecule has 0 saturated heterocycles. The van der Waals surface area contributed by atoms with Crippen molar-refractivity contribution >= 4 is 28.9 Å². The van der Waals surface area contributed by atoms with Gasteiger partial charge in [0.05, 0.1) is 25.8 Å². The fourth-order valence-corrected chi connectivity index (χ4v) is 3.28. The SMILES string of the molecule is COc1ccc([C@H]2NC(=S)NC(C)=C2C(=O)Nc2ccccc2)c(OC)c1. The van der Waals surface area contributed by atoms with Gasteiger partial charge in [0.25, 0.3) is 5.91 Å². The second kappa shape index (κ2) is 8.09. The number of rotatable bonds is 5. The molecule has 7 heteroatoms. The molecule has 0 radical (unpaired) electrons. The van der Waals surface area contributed by atoms with Crippen LogP contribution in [-0.2, 0) is 4.79 Å². The van der Waals surface area contributed by atoms with Crippen molar-refractivity contribution in [3.05, 3.63) is 65.4 Å². The highest BCUT2D eigenvalue weighted by molar-refractivity contribution is 7.80. The minimum atomic E-state index is -0.455. The Hall–Kier alpha value is -3.06. The van der Waals surface area contributed by atoms with Crippen molar-refractivity contribution in [3.63, 3.8) is 0 Å². The Morgan fingerprint density at radius 2 is 1.85 bits per heavy atom. The van der Waals surface area contributed by atoms with E-state index in [4.69, 9.17) is 21.7 Å². The first-order valence-corrected chi connectivity index (χ1v) is 8.81. The molecule has 1 aliphatic heterocycles. The van der Waals surface area contributed by atoms with Gasteiger partial charge in [-0.15, -0.1) is 0 Å². The maximum Gasteiger partial charge on any atom is 0.255 e. The molecule has 27 heavy (non-hydrogen) atoms. The average molecular weight is 383 g/mol. The molecular weight excluding hydrogens is 362 g/mol. The number of benzene rings is 2. The van der Waals surface area contributed by atoms with Gasteiger partial charge in [-0.3, -0.25) is 4.79 Å². The summed E-state index contributed by atoms with van der Waals surface area (Å²) in [6, 6.07) is 14.3. The van der Waals surface area contributed by atoms with Crippen LogP contribution in [0, 0.1) is 0 Å². The summed E-state index contributed by atoms with van der Waals surface area (Å²) in [7, 11) is 3.17. The number of nitrogens with one attached hydrogen (secondary N) is 3. The van der Waals surface area contributed by atoms with Crippen LogP contribution in [-0.4, -0.2) is 25.2 Å². The van der Waals surface area contributed by atoms with E-state index in [1.807, 2.05) is 49.4 Å². The van der Waals surface area contributed by atoms with Crippen LogP contribution < -0.4 is 25.4 Å². The molecule has 0 aromatic heterocycles. The van der Waals surface area contributed by atoms with Crippen molar-refractivity contribution in [2.75, 3.05) is 19.5 Å². The summed E-state index contributed by atoms with van der Waals surface area (Å²) in [5.74, 6) is 1.06. The summed E-state index contributed by atoms with van der Waals surface area (Å²) in [6.07, 6.45) is 0. The maximum atomic E-state index is 13.0. The zero-order valence-electron chi connectivity index (χ0n) is 15.3. The van der Waals surface area contributed by atoms with E-state index in [2.05, 4.69) is 16.0 Å². The van der Waals surface area contributed by atoms with Gasteiger partial charge in [0.2, 0.25) is 0 Å². The van der Waals surface area contributed by atoms with E-state index in [1.54, 1.807) is 20.3 Å². The molecule has 0 saturated carbocycles. The average Bonchev–Trinajstić information content (AvgIpc) is 2.67. The lowest BCUT2D eigenvalue weighted by Gasteiger charge is -2.31. The van der Waals surface area contributed by atoms with Crippen LogP contribution in [0.15, 0.2) is 59.8 Å². The molecular formula is C20H21N3O3S. The van der Waals surface area contributed by atoms with Crippen molar-refractivity contribution in [2.24, 2.45) is 0 Å². The van der Waals surface area contributed by atoms with E-state index < -0.39 is 6.04 Å². The third-order valence-electron chi connectivity index (χ3n) is 4.30. The Bertz CT molecular complexity index is 897. The highest BCUT2D eigenvalue weighted by Crippen LogP contribution is 2.35. The fraction of sp³-hybridized carbons (Fsp3) is 0.200. The standard InChI is InChI=1S/C20H21N3O3S/c1-12-17(19(24)22-13-7-5-4-6-8-13)18(23-20(27)21-12)15-10-9-14(25-2)11-16(15)26-3/h4-11,18H,1-3H3,(H,22,24)(H2,21,23,27)/t18-/m1/s1. The van der Waals surface area contributed by atoms with Crippen LogP contribution in [0.2, 0.25) is 0 Å². The number of allylic oxidation sites excluding steroid dienone is 1. The summed E-state index contributed by atoms with van der Waals surface area (Å²) < 4.78 is 10.8. The number of thiocarbonyl (C=S) groups is 1. The van der Waals surface area contributed by atoms with Gasteiger partial charge in [-0.25, -0.2) is 0 Å². The van der Waals surface area contributed by atoms with E-state index in [9.17, 15) is 4.79 Å². The molecule has 1 atom stereocenters. The van der Waals surface area contributed by atoms with Crippen LogP contribution in [0.1, 0.15) is 18.5 Å². The van der Waals surface area contributed by atoms with E-state index >= 15 is 0 Å². The van der Waals surface area contributed by atoms with Crippen molar-refractivity contribution in [2.45, 2.75) is 13.0 Å². The van der Waals surface area contributed by atoms with E-state index in [0.29, 0.717) is 27.9 Å². The Balaban J connectivity index is 2.01. The smallest absolute Gasteiger partial charge is 0.255 e. The van der Waals surface area contributed by atoms with Crippen molar-refractivity contribution in [3.8, 4) is 11.5 Å². The number of hydrogen-bond donors (Lipinski definition) is 3. The van der Waals surface area contributed by atoms with Gasteiger partial charge in [0.15, 0.2) is 5.11 Å². The van der Waals surface area contributed by atoms with Gasteiger partial charge in [-0.05, 0) is 43.4 Å². The predicted octanol–water partition coefficient (Wildman–Crippen LogP) is 3.14. The third kappa shape index (κ3) is 4.03. The second-order valence-electron chi connectivity index (χ2n) is 6.00. The first-order chi connectivity index (χ1) is 13.0. The van der Waals surface area contributed by atoms with Gasteiger partial charge < -0.3 is 25.4 Å². The molecule has 6 nitrogen and oxygen atoms in total. The third-order valence-corrected chi connectivity index (χ3v) is 4.52. The largest absolute Gasteiger partial charge is 0.497 e. The van der Waals surface area contributed by atoms with Crippen LogP contribution in [0.25, 0.3) is 0 Å². The molecule has 1 amide bonds. The summed E-state index contributed by atoms with van der Waals surface area (Å²) >= 11 is 5.30. The topological polar surface area (TPSA) is 71.6 Å². The Morgan fingerprint density at radius 1 is 1.11 bits per heavy atom. The maximum absolute atomic E-state index is 13.0. The van der Waals surface area contributed by atoms with E-state index in [1.165, 1.54) is 0 Å². The van der Waals surface area contributed by atoms with Gasteiger partial charge in [-0.2, -0.15) is 0 Å². The first kappa shape index (κ1) is 18.7. The molecule has 0 unspecified atom stereocenters.